The van der Waals surface area contributed by atoms with Crippen LogP contribution in [0, 0.1) is 0 Å². The van der Waals surface area contributed by atoms with Crippen molar-refractivity contribution in [2.75, 3.05) is 6.79 Å². The van der Waals surface area contributed by atoms with Gasteiger partial charge in [0, 0.05) is 25.5 Å². The average molecular weight is 313 g/mol. The van der Waals surface area contributed by atoms with Gasteiger partial charge < -0.3 is 18.9 Å². The summed E-state index contributed by atoms with van der Waals surface area (Å²) in [6.07, 6.45) is 6.21. The quantitative estimate of drug-likeness (QED) is 0.846. The first-order valence-electron chi connectivity index (χ1n) is 7.85. The molecule has 1 saturated carbocycles. The molecule has 6 heteroatoms. The first-order valence-corrected chi connectivity index (χ1v) is 7.85. The van der Waals surface area contributed by atoms with Crippen molar-refractivity contribution in [1.82, 2.24) is 14.5 Å². The van der Waals surface area contributed by atoms with Gasteiger partial charge in [-0.05, 0) is 30.5 Å². The van der Waals surface area contributed by atoms with Gasteiger partial charge in [0.2, 0.25) is 12.7 Å². The molecule has 1 fully saturated rings. The van der Waals surface area contributed by atoms with Crippen LogP contribution in [0.1, 0.15) is 24.2 Å². The topological polar surface area (TPSA) is 56.6 Å². The third-order valence-electron chi connectivity index (χ3n) is 4.33. The Kier molecular flexibility index (Phi) is 3.44. The zero-order valence-electron chi connectivity index (χ0n) is 13.1. The van der Waals surface area contributed by atoms with Crippen LogP contribution in [0.15, 0.2) is 30.6 Å². The predicted octanol–water partition coefficient (Wildman–Crippen LogP) is 1.88. The lowest BCUT2D eigenvalue weighted by Gasteiger charge is -2.22. The van der Waals surface area contributed by atoms with Gasteiger partial charge >= 0.3 is 0 Å². The molecular weight excluding hydrogens is 294 g/mol. The molecule has 0 unspecified atom stereocenters. The van der Waals surface area contributed by atoms with E-state index in [-0.39, 0.29) is 12.7 Å². The van der Waals surface area contributed by atoms with E-state index in [9.17, 15) is 4.79 Å². The number of hydrogen-bond acceptors (Lipinski definition) is 4. The van der Waals surface area contributed by atoms with E-state index >= 15 is 0 Å². The molecule has 0 bridgehead atoms. The first-order chi connectivity index (χ1) is 11.2. The standard InChI is InChI=1S/C17H19N3O3/c1-19-7-6-18-16(19)10-20(13-3-4-13)17(21)9-12-2-5-14-15(8-12)23-11-22-14/h2,5-8,13H,3-4,9-11H2,1H3. The Balaban J connectivity index is 1.48. The largest absolute Gasteiger partial charge is 0.454 e. The second-order valence-electron chi connectivity index (χ2n) is 6.07. The molecule has 0 atom stereocenters. The monoisotopic (exact) mass is 313 g/mol. The molecule has 0 N–H and O–H groups in total. The van der Waals surface area contributed by atoms with E-state index in [1.54, 1.807) is 6.20 Å². The second-order valence-corrected chi connectivity index (χ2v) is 6.07. The molecule has 2 aliphatic rings. The highest BCUT2D eigenvalue weighted by Gasteiger charge is 2.33. The third kappa shape index (κ3) is 2.88. The van der Waals surface area contributed by atoms with E-state index in [2.05, 4.69) is 4.98 Å². The van der Waals surface area contributed by atoms with Crippen LogP contribution in [0.5, 0.6) is 11.5 Å². The highest BCUT2D eigenvalue weighted by Crippen LogP contribution is 2.33. The molecule has 1 aromatic carbocycles. The van der Waals surface area contributed by atoms with Crippen molar-refractivity contribution in [3.05, 3.63) is 42.0 Å². The van der Waals surface area contributed by atoms with Crippen LogP contribution in [0.2, 0.25) is 0 Å². The zero-order chi connectivity index (χ0) is 15.8. The van der Waals surface area contributed by atoms with Gasteiger partial charge in [0.05, 0.1) is 13.0 Å². The molecule has 0 saturated heterocycles. The number of carbonyl (C=O) groups excluding carboxylic acids is 1. The van der Waals surface area contributed by atoms with Crippen LogP contribution in [0.4, 0.5) is 0 Å². The number of amides is 1. The molecule has 4 rings (SSSR count). The maximum Gasteiger partial charge on any atom is 0.231 e. The molecule has 6 nitrogen and oxygen atoms in total. The van der Waals surface area contributed by atoms with Crippen LogP contribution in [-0.2, 0) is 24.8 Å². The van der Waals surface area contributed by atoms with Gasteiger partial charge in [-0.1, -0.05) is 6.07 Å². The molecule has 2 aromatic rings. The average Bonchev–Trinajstić information content (AvgIpc) is 3.13. The minimum atomic E-state index is 0.134. The summed E-state index contributed by atoms with van der Waals surface area (Å²) in [6, 6.07) is 6.04. The number of carbonyl (C=O) groups is 1. The summed E-state index contributed by atoms with van der Waals surface area (Å²) in [5.41, 5.74) is 0.949. The number of ether oxygens (including phenoxy) is 2. The van der Waals surface area contributed by atoms with Crippen molar-refractivity contribution in [3.8, 4) is 11.5 Å². The van der Waals surface area contributed by atoms with Crippen LogP contribution in [0.3, 0.4) is 0 Å². The minimum Gasteiger partial charge on any atom is -0.454 e. The van der Waals surface area contributed by atoms with Gasteiger partial charge in [0.25, 0.3) is 0 Å². The molecule has 2 heterocycles. The molecule has 0 radical (unpaired) electrons. The van der Waals surface area contributed by atoms with Crippen LogP contribution in [-0.4, -0.2) is 33.2 Å². The van der Waals surface area contributed by atoms with Crippen molar-refractivity contribution in [1.29, 1.82) is 0 Å². The molecule has 1 aliphatic heterocycles. The number of fused-ring (bicyclic) bond motifs is 1. The molecule has 23 heavy (non-hydrogen) atoms. The Morgan fingerprint density at radius 3 is 2.91 bits per heavy atom. The smallest absolute Gasteiger partial charge is 0.231 e. The molecular formula is C17H19N3O3. The molecule has 1 amide bonds. The summed E-state index contributed by atoms with van der Waals surface area (Å²) in [7, 11) is 1.95. The highest BCUT2D eigenvalue weighted by molar-refractivity contribution is 5.79. The summed E-state index contributed by atoms with van der Waals surface area (Å²) in [4.78, 5) is 19.0. The number of aromatic nitrogens is 2. The van der Waals surface area contributed by atoms with Crippen molar-refractivity contribution < 1.29 is 14.3 Å². The number of nitrogens with zero attached hydrogens (tertiary/aromatic N) is 3. The van der Waals surface area contributed by atoms with Gasteiger partial charge in [0.15, 0.2) is 11.5 Å². The van der Waals surface area contributed by atoms with Crippen LogP contribution in [0.25, 0.3) is 0 Å². The number of benzene rings is 1. The molecule has 0 spiro atoms. The highest BCUT2D eigenvalue weighted by atomic mass is 16.7. The fraction of sp³-hybridized carbons (Fsp3) is 0.412. The van der Waals surface area contributed by atoms with Gasteiger partial charge in [-0.15, -0.1) is 0 Å². The Labute approximate surface area is 134 Å². The number of rotatable bonds is 5. The van der Waals surface area contributed by atoms with Crippen LogP contribution < -0.4 is 9.47 Å². The van der Waals surface area contributed by atoms with Gasteiger partial charge in [0.1, 0.15) is 5.82 Å². The van der Waals surface area contributed by atoms with Gasteiger partial charge in [-0.3, -0.25) is 4.79 Å². The fourth-order valence-electron chi connectivity index (χ4n) is 2.84. The first kappa shape index (κ1) is 14.1. The Morgan fingerprint density at radius 1 is 1.35 bits per heavy atom. The zero-order valence-corrected chi connectivity index (χ0v) is 13.1. The molecule has 120 valence electrons. The molecule has 1 aromatic heterocycles. The van der Waals surface area contributed by atoms with E-state index in [1.165, 1.54) is 0 Å². The van der Waals surface area contributed by atoms with Crippen molar-refractivity contribution in [3.63, 3.8) is 0 Å². The lowest BCUT2D eigenvalue weighted by molar-refractivity contribution is -0.131. The minimum absolute atomic E-state index is 0.134. The predicted molar refractivity (Wildman–Crippen MR) is 83.0 cm³/mol. The Morgan fingerprint density at radius 2 is 2.17 bits per heavy atom. The van der Waals surface area contributed by atoms with Crippen LogP contribution >= 0.6 is 0 Å². The maximum atomic E-state index is 12.7. The second kappa shape index (κ2) is 5.61. The molecule has 1 aliphatic carbocycles. The fourth-order valence-corrected chi connectivity index (χ4v) is 2.84. The number of aryl methyl sites for hydroxylation is 1. The maximum absolute atomic E-state index is 12.7. The summed E-state index contributed by atoms with van der Waals surface area (Å²) in [5, 5.41) is 0. The Bertz CT molecular complexity index is 736. The Hall–Kier alpha value is -2.50. The lowest BCUT2D eigenvalue weighted by Crippen LogP contribution is -2.34. The summed E-state index contributed by atoms with van der Waals surface area (Å²) in [5.74, 6) is 2.51. The SMILES string of the molecule is Cn1ccnc1CN(C(=O)Cc1ccc2c(c1)OCO2)C1CC1. The van der Waals surface area contributed by atoms with E-state index in [1.807, 2.05) is 40.9 Å². The van der Waals surface area contributed by atoms with Crippen molar-refractivity contribution in [2.24, 2.45) is 7.05 Å². The van der Waals surface area contributed by atoms with Crippen molar-refractivity contribution >= 4 is 5.91 Å². The summed E-state index contributed by atoms with van der Waals surface area (Å²) >= 11 is 0. The lowest BCUT2D eigenvalue weighted by atomic mass is 10.1. The third-order valence-corrected chi connectivity index (χ3v) is 4.33. The number of imidazole rings is 1. The van der Waals surface area contributed by atoms with Gasteiger partial charge in [-0.25, -0.2) is 4.98 Å². The summed E-state index contributed by atoms with van der Waals surface area (Å²) in [6.45, 7) is 0.817. The van der Waals surface area contributed by atoms with E-state index in [0.717, 1.165) is 35.7 Å². The normalized spacial score (nSPS) is 15.7. The van der Waals surface area contributed by atoms with E-state index in [0.29, 0.717) is 19.0 Å². The van der Waals surface area contributed by atoms with Gasteiger partial charge in [-0.2, -0.15) is 0 Å². The summed E-state index contributed by atoms with van der Waals surface area (Å²) < 4.78 is 12.7. The van der Waals surface area contributed by atoms with E-state index < -0.39 is 0 Å². The number of hydrogen-bond donors (Lipinski definition) is 0. The van der Waals surface area contributed by atoms with Crippen molar-refractivity contribution in [2.45, 2.75) is 31.8 Å². The van der Waals surface area contributed by atoms with E-state index in [4.69, 9.17) is 9.47 Å².